The Hall–Kier alpha value is -3.23. The lowest BCUT2D eigenvalue weighted by Gasteiger charge is -2.26. The molecular weight excluding hydrogens is 404 g/mol. The normalized spacial score (nSPS) is 14.9. The number of nitrogens with zero attached hydrogens (tertiary/aromatic N) is 4. The van der Waals surface area contributed by atoms with E-state index < -0.39 is 0 Å². The summed E-state index contributed by atoms with van der Waals surface area (Å²) in [5, 5.41) is 8.40. The van der Waals surface area contributed by atoms with Crippen LogP contribution in [0, 0.1) is 0 Å². The molecular formula is C24H28N6O2. The highest BCUT2D eigenvalue weighted by atomic mass is 16.5. The van der Waals surface area contributed by atoms with E-state index in [0.29, 0.717) is 12.1 Å². The summed E-state index contributed by atoms with van der Waals surface area (Å²) in [6, 6.07) is 7.70. The van der Waals surface area contributed by atoms with E-state index in [2.05, 4.69) is 27.2 Å². The standard InChI is InChI=1S/C24H28N6O2/c1-3-19-20-22-18(15-27-29(22)2)14-26-23(20)28-21(19)16-4-6-17(7-5-16)24(31)25-8-9-30-10-12-32-13-11-30/h4-7,14-15,27H,3,8-13H2,1-2H3,(H,25,31). The quantitative estimate of drug-likeness (QED) is 0.489. The Morgan fingerprint density at radius 3 is 2.75 bits per heavy atom. The van der Waals surface area contributed by atoms with Crippen molar-refractivity contribution in [1.82, 2.24) is 30.0 Å². The first kappa shape index (κ1) is 20.7. The highest BCUT2D eigenvalue weighted by molar-refractivity contribution is 6.07. The fourth-order valence-electron chi connectivity index (χ4n) is 4.48. The third-order valence-electron chi connectivity index (χ3n) is 6.21. The summed E-state index contributed by atoms with van der Waals surface area (Å²) in [5.41, 5.74) is 5.63. The predicted octanol–water partition coefficient (Wildman–Crippen LogP) is 2.74. The third kappa shape index (κ3) is 3.76. The van der Waals surface area contributed by atoms with E-state index in [9.17, 15) is 4.79 Å². The Morgan fingerprint density at radius 1 is 1.22 bits per heavy atom. The molecule has 5 rings (SSSR count). The number of morpholine rings is 1. The number of ether oxygens (including phenoxy) is 1. The molecule has 0 radical (unpaired) electrons. The Balaban J connectivity index is 1.36. The maximum absolute atomic E-state index is 12.6. The third-order valence-corrected chi connectivity index (χ3v) is 6.21. The maximum Gasteiger partial charge on any atom is 0.251 e. The number of aromatic nitrogens is 4. The number of aromatic amines is 1. The van der Waals surface area contributed by atoms with Gasteiger partial charge in [0.1, 0.15) is 0 Å². The molecule has 0 atom stereocenters. The predicted molar refractivity (Wildman–Crippen MR) is 125 cm³/mol. The molecule has 4 aromatic rings. The van der Waals surface area contributed by atoms with Gasteiger partial charge < -0.3 is 15.2 Å². The van der Waals surface area contributed by atoms with Crippen LogP contribution in [0.2, 0.25) is 0 Å². The summed E-state index contributed by atoms with van der Waals surface area (Å²) in [7, 11) is 2.00. The molecule has 0 unspecified atom stereocenters. The SMILES string of the molecule is CCc1c(-c2ccc(C(=O)NCCN3CCOCC3)cc2)nc2ncc3c[nH]n(C)c3c12. The monoisotopic (exact) mass is 432 g/mol. The van der Waals surface area contributed by atoms with Crippen LogP contribution in [0.25, 0.3) is 33.2 Å². The molecule has 8 nitrogen and oxygen atoms in total. The first-order valence-corrected chi connectivity index (χ1v) is 11.2. The highest BCUT2D eigenvalue weighted by Gasteiger charge is 2.19. The Kier molecular flexibility index (Phi) is 5.63. The smallest absolute Gasteiger partial charge is 0.251 e. The topological polar surface area (TPSA) is 88.1 Å². The van der Waals surface area contributed by atoms with Crippen molar-refractivity contribution in [2.24, 2.45) is 7.05 Å². The number of carbonyl (C=O) groups excluding carboxylic acids is 1. The van der Waals surface area contributed by atoms with Gasteiger partial charge in [-0.1, -0.05) is 19.1 Å². The lowest BCUT2D eigenvalue weighted by atomic mass is 10.0. The van der Waals surface area contributed by atoms with E-state index in [1.165, 1.54) is 5.56 Å². The minimum absolute atomic E-state index is 0.0520. The molecule has 1 aliphatic rings. The Morgan fingerprint density at radius 2 is 2.00 bits per heavy atom. The zero-order chi connectivity index (χ0) is 22.1. The van der Waals surface area contributed by atoms with Crippen molar-refractivity contribution >= 4 is 27.8 Å². The fraction of sp³-hybridized carbons (Fsp3) is 0.375. The molecule has 0 saturated carbocycles. The van der Waals surface area contributed by atoms with Crippen molar-refractivity contribution < 1.29 is 9.53 Å². The number of benzene rings is 1. The summed E-state index contributed by atoms with van der Waals surface area (Å²) in [5.74, 6) is -0.0520. The van der Waals surface area contributed by atoms with Gasteiger partial charge in [-0.15, -0.1) is 0 Å². The second-order valence-electron chi connectivity index (χ2n) is 8.17. The van der Waals surface area contributed by atoms with Gasteiger partial charge in [0.05, 0.1) is 29.8 Å². The number of amides is 1. The lowest BCUT2D eigenvalue weighted by molar-refractivity contribution is 0.0383. The maximum atomic E-state index is 12.6. The van der Waals surface area contributed by atoms with Gasteiger partial charge in [0, 0.05) is 62.1 Å². The van der Waals surface area contributed by atoms with Crippen LogP contribution in [0.3, 0.4) is 0 Å². The minimum Gasteiger partial charge on any atom is -0.379 e. The molecule has 166 valence electrons. The van der Waals surface area contributed by atoms with Crippen LogP contribution >= 0.6 is 0 Å². The van der Waals surface area contributed by atoms with Gasteiger partial charge in [0.15, 0.2) is 5.65 Å². The van der Waals surface area contributed by atoms with E-state index in [4.69, 9.17) is 9.72 Å². The summed E-state index contributed by atoms with van der Waals surface area (Å²) in [4.78, 5) is 24.3. The Bertz CT molecular complexity index is 1250. The van der Waals surface area contributed by atoms with Gasteiger partial charge in [-0.05, 0) is 24.1 Å². The van der Waals surface area contributed by atoms with Crippen molar-refractivity contribution in [3.63, 3.8) is 0 Å². The molecule has 32 heavy (non-hydrogen) atoms. The van der Waals surface area contributed by atoms with Crippen LogP contribution in [-0.2, 0) is 18.2 Å². The molecule has 1 fully saturated rings. The molecule has 0 aliphatic carbocycles. The number of pyridine rings is 1. The largest absolute Gasteiger partial charge is 0.379 e. The van der Waals surface area contributed by atoms with E-state index in [0.717, 1.165) is 72.5 Å². The van der Waals surface area contributed by atoms with Crippen molar-refractivity contribution in [3.8, 4) is 11.3 Å². The molecule has 1 saturated heterocycles. The summed E-state index contributed by atoms with van der Waals surface area (Å²) in [6.45, 7) is 7.00. The fourth-order valence-corrected chi connectivity index (χ4v) is 4.48. The number of aryl methyl sites for hydroxylation is 2. The minimum atomic E-state index is -0.0520. The van der Waals surface area contributed by atoms with Gasteiger partial charge in [0.2, 0.25) is 0 Å². The molecule has 4 heterocycles. The van der Waals surface area contributed by atoms with Crippen LogP contribution in [0.15, 0.2) is 36.7 Å². The second-order valence-corrected chi connectivity index (χ2v) is 8.17. The first-order chi connectivity index (χ1) is 15.7. The van der Waals surface area contributed by atoms with Crippen LogP contribution in [0.5, 0.6) is 0 Å². The molecule has 0 spiro atoms. The van der Waals surface area contributed by atoms with Crippen LogP contribution < -0.4 is 5.32 Å². The zero-order valence-corrected chi connectivity index (χ0v) is 18.5. The lowest BCUT2D eigenvalue weighted by Crippen LogP contribution is -2.41. The number of hydrogen-bond acceptors (Lipinski definition) is 5. The molecule has 1 aliphatic heterocycles. The first-order valence-electron chi connectivity index (χ1n) is 11.2. The average molecular weight is 433 g/mol. The number of rotatable bonds is 6. The molecule has 1 aromatic carbocycles. The van der Waals surface area contributed by atoms with Gasteiger partial charge in [-0.2, -0.15) is 0 Å². The van der Waals surface area contributed by atoms with Crippen LogP contribution in [0.1, 0.15) is 22.8 Å². The zero-order valence-electron chi connectivity index (χ0n) is 18.5. The molecule has 8 heteroatoms. The summed E-state index contributed by atoms with van der Waals surface area (Å²) in [6.07, 6.45) is 4.66. The van der Waals surface area contributed by atoms with Gasteiger partial charge >= 0.3 is 0 Å². The van der Waals surface area contributed by atoms with Crippen LogP contribution in [0.4, 0.5) is 0 Å². The number of carbonyl (C=O) groups is 1. The number of fused-ring (bicyclic) bond motifs is 3. The van der Waals surface area contributed by atoms with Crippen molar-refractivity contribution in [2.75, 3.05) is 39.4 Å². The van der Waals surface area contributed by atoms with E-state index >= 15 is 0 Å². The van der Waals surface area contributed by atoms with Crippen LogP contribution in [-0.4, -0.2) is 69.9 Å². The second kappa shape index (κ2) is 8.72. The summed E-state index contributed by atoms with van der Waals surface area (Å²) >= 11 is 0. The molecule has 0 bridgehead atoms. The Labute approximate surface area is 186 Å². The number of nitrogens with one attached hydrogen (secondary N) is 2. The van der Waals surface area contributed by atoms with E-state index in [1.807, 2.05) is 48.4 Å². The van der Waals surface area contributed by atoms with E-state index in [1.54, 1.807) is 0 Å². The van der Waals surface area contributed by atoms with Gasteiger partial charge in [-0.25, -0.2) is 9.97 Å². The van der Waals surface area contributed by atoms with E-state index in [-0.39, 0.29) is 5.91 Å². The highest BCUT2D eigenvalue weighted by Crippen LogP contribution is 2.34. The molecule has 2 N–H and O–H groups in total. The van der Waals surface area contributed by atoms with Crippen molar-refractivity contribution in [3.05, 3.63) is 47.8 Å². The number of hydrogen-bond donors (Lipinski definition) is 2. The van der Waals surface area contributed by atoms with Crippen molar-refractivity contribution in [2.45, 2.75) is 13.3 Å². The van der Waals surface area contributed by atoms with Gasteiger partial charge in [-0.3, -0.25) is 14.4 Å². The molecule has 1 amide bonds. The van der Waals surface area contributed by atoms with Crippen molar-refractivity contribution in [1.29, 1.82) is 0 Å². The molecule has 3 aromatic heterocycles. The average Bonchev–Trinajstić information content (AvgIpc) is 3.39. The van der Waals surface area contributed by atoms with Gasteiger partial charge in [0.25, 0.3) is 5.91 Å². The summed E-state index contributed by atoms with van der Waals surface area (Å²) < 4.78 is 7.37. The number of H-pyrrole nitrogens is 1.